The zero-order chi connectivity index (χ0) is 20.7. The first kappa shape index (κ1) is 21.5. The lowest BCUT2D eigenvalue weighted by Crippen LogP contribution is -2.62. The zero-order valence-electron chi connectivity index (χ0n) is 17.4. The maximum absolute atomic E-state index is 12.3. The van der Waals surface area contributed by atoms with Gasteiger partial charge in [0, 0.05) is 13.7 Å². The van der Waals surface area contributed by atoms with Crippen molar-refractivity contribution in [3.63, 3.8) is 0 Å². The Morgan fingerprint density at radius 2 is 1.83 bits per heavy atom. The molecule has 1 saturated heterocycles. The van der Waals surface area contributed by atoms with Crippen LogP contribution in [-0.2, 0) is 16.0 Å². The maximum atomic E-state index is 12.3. The van der Waals surface area contributed by atoms with E-state index in [0.29, 0.717) is 6.42 Å². The maximum Gasteiger partial charge on any atom is 0.246 e. The largest absolute Gasteiger partial charge is 0.388 e. The number of aryl methyl sites for hydroxylation is 1. The molecule has 156 valence electrons. The van der Waals surface area contributed by atoms with E-state index in [1.807, 2.05) is 31.2 Å². The molecular formula is C24H32N2O3. The van der Waals surface area contributed by atoms with Crippen LogP contribution in [0.4, 0.5) is 0 Å². The van der Waals surface area contributed by atoms with Crippen LogP contribution in [0.3, 0.4) is 0 Å². The molecule has 1 aliphatic rings. The molecule has 0 aromatic heterocycles. The SMILES string of the molecule is COCC(=O)N[C@H]1[C@H](c2ccccc2)N(CCCc2ccccc2)CC[C@@]1(C)O. The molecule has 2 N–H and O–H groups in total. The summed E-state index contributed by atoms with van der Waals surface area (Å²) >= 11 is 0. The molecule has 1 aliphatic heterocycles. The monoisotopic (exact) mass is 396 g/mol. The Morgan fingerprint density at radius 1 is 1.17 bits per heavy atom. The van der Waals surface area contributed by atoms with Gasteiger partial charge in [0.05, 0.1) is 17.7 Å². The molecule has 0 aliphatic carbocycles. The molecule has 3 atom stereocenters. The van der Waals surface area contributed by atoms with E-state index in [1.165, 1.54) is 12.7 Å². The number of rotatable bonds is 8. The molecule has 1 heterocycles. The summed E-state index contributed by atoms with van der Waals surface area (Å²) in [7, 11) is 1.50. The number of benzene rings is 2. The number of nitrogens with zero attached hydrogens (tertiary/aromatic N) is 1. The highest BCUT2D eigenvalue weighted by Gasteiger charge is 2.45. The summed E-state index contributed by atoms with van der Waals surface area (Å²) < 4.78 is 4.99. The second kappa shape index (κ2) is 10.0. The number of carbonyl (C=O) groups is 1. The molecule has 0 bridgehead atoms. The lowest BCUT2D eigenvalue weighted by Gasteiger charge is -2.49. The standard InChI is InChI=1S/C24H32N2O3/c1-24(28)15-17-26(16-9-12-19-10-5-3-6-11-19)22(20-13-7-4-8-14-20)23(24)25-21(27)18-29-2/h3-8,10-11,13-14,22-23,28H,9,12,15-18H2,1-2H3,(H,25,27)/t22-,23-,24+/m0/s1. The number of piperidine rings is 1. The van der Waals surface area contributed by atoms with E-state index < -0.39 is 11.6 Å². The Balaban J connectivity index is 1.79. The van der Waals surface area contributed by atoms with Crippen molar-refractivity contribution < 1.29 is 14.6 Å². The first-order valence-electron chi connectivity index (χ1n) is 10.3. The van der Waals surface area contributed by atoms with Crippen molar-refractivity contribution in [2.75, 3.05) is 26.8 Å². The molecule has 3 rings (SSSR count). The van der Waals surface area contributed by atoms with E-state index in [9.17, 15) is 9.90 Å². The summed E-state index contributed by atoms with van der Waals surface area (Å²) in [5.41, 5.74) is 1.45. The highest BCUT2D eigenvalue weighted by Crippen LogP contribution is 2.37. The fourth-order valence-electron chi connectivity index (χ4n) is 4.23. The van der Waals surface area contributed by atoms with Crippen LogP contribution in [0.5, 0.6) is 0 Å². The molecule has 0 spiro atoms. The summed E-state index contributed by atoms with van der Waals surface area (Å²) in [6.07, 6.45) is 2.64. The van der Waals surface area contributed by atoms with Crippen LogP contribution < -0.4 is 5.32 Å². The van der Waals surface area contributed by atoms with E-state index >= 15 is 0 Å². The van der Waals surface area contributed by atoms with Gasteiger partial charge in [-0.25, -0.2) is 0 Å². The second-order valence-corrected chi connectivity index (χ2v) is 8.07. The summed E-state index contributed by atoms with van der Waals surface area (Å²) in [5.74, 6) is -0.204. The molecule has 29 heavy (non-hydrogen) atoms. The average molecular weight is 397 g/mol. The molecular weight excluding hydrogens is 364 g/mol. The molecule has 1 fully saturated rings. The quantitative estimate of drug-likeness (QED) is 0.720. The van der Waals surface area contributed by atoms with E-state index in [0.717, 1.165) is 31.5 Å². The van der Waals surface area contributed by atoms with Crippen molar-refractivity contribution in [3.8, 4) is 0 Å². The lowest BCUT2D eigenvalue weighted by molar-refractivity contribution is -0.132. The van der Waals surface area contributed by atoms with Gasteiger partial charge in [-0.15, -0.1) is 0 Å². The van der Waals surface area contributed by atoms with Crippen molar-refractivity contribution in [2.24, 2.45) is 0 Å². The summed E-state index contributed by atoms with van der Waals surface area (Å²) in [6, 6.07) is 20.2. The highest BCUT2D eigenvalue weighted by molar-refractivity contribution is 5.77. The first-order valence-corrected chi connectivity index (χ1v) is 10.3. The Hall–Kier alpha value is -2.21. The van der Waals surface area contributed by atoms with Crippen LogP contribution in [-0.4, -0.2) is 54.4 Å². The van der Waals surface area contributed by atoms with Crippen molar-refractivity contribution in [1.82, 2.24) is 10.2 Å². The van der Waals surface area contributed by atoms with Crippen LogP contribution in [0.15, 0.2) is 60.7 Å². The normalized spacial score (nSPS) is 24.9. The van der Waals surface area contributed by atoms with Crippen molar-refractivity contribution >= 4 is 5.91 Å². The number of aliphatic hydroxyl groups is 1. The molecule has 0 unspecified atom stereocenters. The summed E-state index contributed by atoms with van der Waals surface area (Å²) in [6.45, 7) is 3.50. The Kier molecular flexibility index (Phi) is 7.42. The van der Waals surface area contributed by atoms with Gasteiger partial charge < -0.3 is 15.2 Å². The zero-order valence-corrected chi connectivity index (χ0v) is 17.4. The third-order valence-electron chi connectivity index (χ3n) is 5.77. The predicted molar refractivity (Wildman–Crippen MR) is 115 cm³/mol. The van der Waals surface area contributed by atoms with E-state index in [2.05, 4.69) is 46.6 Å². The minimum absolute atomic E-state index is 0.0118. The van der Waals surface area contributed by atoms with Crippen LogP contribution in [0, 0.1) is 0 Å². The summed E-state index contributed by atoms with van der Waals surface area (Å²) in [4.78, 5) is 14.7. The van der Waals surface area contributed by atoms with Gasteiger partial charge in [-0.1, -0.05) is 60.7 Å². The fraction of sp³-hybridized carbons (Fsp3) is 0.458. The number of hydrogen-bond acceptors (Lipinski definition) is 4. The first-order chi connectivity index (χ1) is 14.0. The molecule has 2 aromatic rings. The number of hydrogen-bond donors (Lipinski definition) is 2. The molecule has 2 aromatic carbocycles. The van der Waals surface area contributed by atoms with E-state index in [4.69, 9.17) is 4.74 Å². The van der Waals surface area contributed by atoms with E-state index in [1.54, 1.807) is 0 Å². The summed E-state index contributed by atoms with van der Waals surface area (Å²) in [5, 5.41) is 14.2. The topological polar surface area (TPSA) is 61.8 Å². The highest BCUT2D eigenvalue weighted by atomic mass is 16.5. The van der Waals surface area contributed by atoms with Crippen LogP contribution in [0.25, 0.3) is 0 Å². The smallest absolute Gasteiger partial charge is 0.246 e. The minimum atomic E-state index is -0.986. The molecule has 5 heteroatoms. The molecule has 0 saturated carbocycles. The van der Waals surface area contributed by atoms with Crippen molar-refractivity contribution in [2.45, 2.75) is 43.9 Å². The van der Waals surface area contributed by atoms with Crippen molar-refractivity contribution in [1.29, 1.82) is 0 Å². The third-order valence-corrected chi connectivity index (χ3v) is 5.77. The van der Waals surface area contributed by atoms with Gasteiger partial charge in [-0.2, -0.15) is 0 Å². The van der Waals surface area contributed by atoms with Crippen molar-refractivity contribution in [3.05, 3.63) is 71.8 Å². The number of ether oxygens (including phenoxy) is 1. The van der Waals surface area contributed by atoms with Gasteiger partial charge in [0.1, 0.15) is 6.61 Å². The molecule has 1 amide bonds. The number of carbonyl (C=O) groups excluding carboxylic acids is 1. The van der Waals surface area contributed by atoms with Gasteiger partial charge in [0.25, 0.3) is 0 Å². The number of amides is 1. The Labute approximate surface area is 173 Å². The number of methoxy groups -OCH3 is 1. The van der Waals surface area contributed by atoms with Gasteiger partial charge in [0.2, 0.25) is 5.91 Å². The van der Waals surface area contributed by atoms with Crippen LogP contribution in [0.2, 0.25) is 0 Å². The number of nitrogens with one attached hydrogen (secondary N) is 1. The van der Waals surface area contributed by atoms with Crippen LogP contribution in [0.1, 0.15) is 36.9 Å². The lowest BCUT2D eigenvalue weighted by atomic mass is 9.79. The minimum Gasteiger partial charge on any atom is -0.388 e. The second-order valence-electron chi connectivity index (χ2n) is 8.07. The predicted octanol–water partition coefficient (Wildman–Crippen LogP) is 2.95. The van der Waals surface area contributed by atoms with Gasteiger partial charge in [-0.3, -0.25) is 9.69 Å². The van der Waals surface area contributed by atoms with E-state index in [-0.39, 0.29) is 18.6 Å². The Bertz CT molecular complexity index is 764. The van der Waals surface area contributed by atoms with Gasteiger partial charge in [-0.05, 0) is 43.9 Å². The molecule has 0 radical (unpaired) electrons. The number of likely N-dealkylation sites (tertiary alicyclic amines) is 1. The Morgan fingerprint density at radius 3 is 2.48 bits per heavy atom. The van der Waals surface area contributed by atoms with Gasteiger partial charge >= 0.3 is 0 Å². The fourth-order valence-corrected chi connectivity index (χ4v) is 4.23. The third kappa shape index (κ3) is 5.66. The van der Waals surface area contributed by atoms with Crippen LogP contribution >= 0.6 is 0 Å². The van der Waals surface area contributed by atoms with Gasteiger partial charge in [0.15, 0.2) is 0 Å². The molecule has 5 nitrogen and oxygen atoms in total. The average Bonchev–Trinajstić information content (AvgIpc) is 2.72.